The summed E-state index contributed by atoms with van der Waals surface area (Å²) in [6.07, 6.45) is 1.91. The maximum atomic E-state index is 12.5. The summed E-state index contributed by atoms with van der Waals surface area (Å²) < 4.78 is 0. The first-order valence-electron chi connectivity index (χ1n) is 9.64. The standard InChI is InChI=1S/C21H24N4O4/c26-20(23-18-10-4-5-11-19(18)25(28)29)12-14-24-13-6-7-16(15-24)21(27)22-17-8-2-1-3-9-17/h1-5,8-11,16H,6-7,12-15H2,(H,22,27)(H,23,26). The number of nitro benzene ring substituents is 1. The molecule has 2 N–H and O–H groups in total. The van der Waals surface area contributed by atoms with Crippen LogP contribution in [0.4, 0.5) is 17.1 Å². The summed E-state index contributed by atoms with van der Waals surface area (Å²) in [6.45, 7) is 1.92. The quantitative estimate of drug-likeness (QED) is 0.552. The second-order valence-corrected chi connectivity index (χ2v) is 7.07. The zero-order chi connectivity index (χ0) is 20.6. The van der Waals surface area contributed by atoms with Crippen molar-refractivity contribution >= 4 is 28.9 Å². The van der Waals surface area contributed by atoms with Crippen LogP contribution < -0.4 is 10.6 Å². The molecule has 1 saturated heterocycles. The normalized spacial score (nSPS) is 16.8. The molecule has 0 spiro atoms. The van der Waals surface area contributed by atoms with Crippen LogP contribution in [0.1, 0.15) is 19.3 Å². The minimum absolute atomic E-state index is 0.00902. The molecule has 0 aromatic heterocycles. The van der Waals surface area contributed by atoms with E-state index in [0.29, 0.717) is 13.1 Å². The first-order valence-corrected chi connectivity index (χ1v) is 9.64. The van der Waals surface area contributed by atoms with Crippen molar-refractivity contribution in [3.05, 3.63) is 64.7 Å². The zero-order valence-electron chi connectivity index (χ0n) is 16.0. The maximum absolute atomic E-state index is 12.5. The third kappa shape index (κ3) is 5.86. The summed E-state index contributed by atoms with van der Waals surface area (Å²) in [7, 11) is 0. The van der Waals surface area contributed by atoms with Gasteiger partial charge >= 0.3 is 0 Å². The number of anilines is 2. The number of carbonyl (C=O) groups excluding carboxylic acids is 2. The molecule has 1 aliphatic rings. The number of benzene rings is 2. The van der Waals surface area contributed by atoms with Crippen LogP contribution in [0.15, 0.2) is 54.6 Å². The lowest BCUT2D eigenvalue weighted by molar-refractivity contribution is -0.383. The zero-order valence-corrected chi connectivity index (χ0v) is 16.0. The largest absolute Gasteiger partial charge is 0.326 e. The van der Waals surface area contributed by atoms with Crippen molar-refractivity contribution in [2.24, 2.45) is 5.92 Å². The molecule has 2 aromatic rings. The van der Waals surface area contributed by atoms with Gasteiger partial charge < -0.3 is 15.5 Å². The van der Waals surface area contributed by atoms with Crippen LogP contribution in [0.2, 0.25) is 0 Å². The van der Waals surface area contributed by atoms with Gasteiger partial charge in [-0.05, 0) is 37.6 Å². The van der Waals surface area contributed by atoms with Crippen LogP contribution in [-0.2, 0) is 9.59 Å². The van der Waals surface area contributed by atoms with E-state index in [4.69, 9.17) is 0 Å². The molecule has 0 saturated carbocycles. The number of nitrogens with one attached hydrogen (secondary N) is 2. The third-order valence-corrected chi connectivity index (χ3v) is 4.95. The molecule has 1 aliphatic heterocycles. The lowest BCUT2D eigenvalue weighted by Crippen LogP contribution is -2.41. The van der Waals surface area contributed by atoms with Crippen LogP contribution in [-0.4, -0.2) is 41.3 Å². The van der Waals surface area contributed by atoms with Crippen LogP contribution in [0, 0.1) is 16.0 Å². The molecular weight excluding hydrogens is 372 g/mol. The number of likely N-dealkylation sites (tertiary alicyclic amines) is 1. The Kier molecular flexibility index (Phi) is 6.91. The number of nitrogens with zero attached hydrogens (tertiary/aromatic N) is 2. The fourth-order valence-corrected chi connectivity index (χ4v) is 3.45. The van der Waals surface area contributed by atoms with E-state index in [2.05, 4.69) is 15.5 Å². The first kappa shape index (κ1) is 20.5. The highest BCUT2D eigenvalue weighted by molar-refractivity contribution is 5.93. The topological polar surface area (TPSA) is 105 Å². The van der Waals surface area contributed by atoms with Crippen molar-refractivity contribution in [3.8, 4) is 0 Å². The van der Waals surface area contributed by atoms with E-state index in [1.165, 1.54) is 12.1 Å². The second kappa shape index (κ2) is 9.79. The Hall–Kier alpha value is -3.26. The predicted octanol–water partition coefficient (Wildman–Crippen LogP) is 3.27. The second-order valence-electron chi connectivity index (χ2n) is 7.07. The van der Waals surface area contributed by atoms with Gasteiger partial charge in [-0.3, -0.25) is 19.7 Å². The Morgan fingerprint density at radius 3 is 2.55 bits per heavy atom. The number of piperidine rings is 1. The van der Waals surface area contributed by atoms with Crippen LogP contribution in [0.3, 0.4) is 0 Å². The molecule has 8 nitrogen and oxygen atoms in total. The molecule has 29 heavy (non-hydrogen) atoms. The molecule has 1 heterocycles. The van der Waals surface area contributed by atoms with Crippen molar-refractivity contribution in [1.82, 2.24) is 4.90 Å². The van der Waals surface area contributed by atoms with Gasteiger partial charge in [-0.15, -0.1) is 0 Å². The Bertz CT molecular complexity index is 872. The molecule has 2 aromatic carbocycles. The van der Waals surface area contributed by atoms with E-state index >= 15 is 0 Å². The SMILES string of the molecule is O=C(CCN1CCCC(C(=O)Nc2ccccc2)C1)Nc1ccccc1[N+](=O)[O-]. The van der Waals surface area contributed by atoms with Gasteiger partial charge in [0.25, 0.3) is 5.69 Å². The molecule has 1 fully saturated rings. The number of para-hydroxylation sites is 3. The van der Waals surface area contributed by atoms with Gasteiger partial charge in [0.05, 0.1) is 10.8 Å². The van der Waals surface area contributed by atoms with Crippen LogP contribution in [0.25, 0.3) is 0 Å². The number of rotatable bonds is 7. The molecule has 3 rings (SSSR count). The molecule has 0 radical (unpaired) electrons. The molecule has 1 unspecified atom stereocenters. The number of hydrogen-bond acceptors (Lipinski definition) is 5. The minimum atomic E-state index is -0.518. The van der Waals surface area contributed by atoms with E-state index in [-0.39, 0.29) is 35.5 Å². The summed E-state index contributed by atoms with van der Waals surface area (Å²) in [5.41, 5.74) is 0.844. The average Bonchev–Trinajstić information content (AvgIpc) is 2.73. The fourth-order valence-electron chi connectivity index (χ4n) is 3.45. The summed E-state index contributed by atoms with van der Waals surface area (Å²) >= 11 is 0. The highest BCUT2D eigenvalue weighted by atomic mass is 16.6. The number of nitro groups is 1. The van der Waals surface area contributed by atoms with Gasteiger partial charge in [0.2, 0.25) is 11.8 Å². The monoisotopic (exact) mass is 396 g/mol. The molecule has 0 bridgehead atoms. The lowest BCUT2D eigenvalue weighted by atomic mass is 9.97. The smallest absolute Gasteiger partial charge is 0.292 e. The van der Waals surface area contributed by atoms with E-state index in [9.17, 15) is 19.7 Å². The summed E-state index contributed by atoms with van der Waals surface area (Å²) in [6, 6.07) is 15.4. The Balaban J connectivity index is 1.49. The maximum Gasteiger partial charge on any atom is 0.292 e. The minimum Gasteiger partial charge on any atom is -0.326 e. The van der Waals surface area contributed by atoms with Crippen molar-refractivity contribution in [2.75, 3.05) is 30.3 Å². The van der Waals surface area contributed by atoms with E-state index < -0.39 is 4.92 Å². The van der Waals surface area contributed by atoms with Gasteiger partial charge in [0, 0.05) is 31.3 Å². The highest BCUT2D eigenvalue weighted by Gasteiger charge is 2.26. The Morgan fingerprint density at radius 2 is 1.79 bits per heavy atom. The van der Waals surface area contributed by atoms with Crippen molar-refractivity contribution in [2.45, 2.75) is 19.3 Å². The molecule has 0 aliphatic carbocycles. The van der Waals surface area contributed by atoms with Crippen molar-refractivity contribution in [1.29, 1.82) is 0 Å². The molecular formula is C21H24N4O4. The molecule has 1 atom stereocenters. The van der Waals surface area contributed by atoms with E-state index in [1.54, 1.807) is 12.1 Å². The number of carbonyl (C=O) groups is 2. The molecule has 152 valence electrons. The van der Waals surface area contributed by atoms with Crippen LogP contribution in [0.5, 0.6) is 0 Å². The van der Waals surface area contributed by atoms with Gasteiger partial charge in [0.15, 0.2) is 0 Å². The number of amides is 2. The average molecular weight is 396 g/mol. The highest BCUT2D eigenvalue weighted by Crippen LogP contribution is 2.23. The molecule has 2 amide bonds. The van der Waals surface area contributed by atoms with Crippen LogP contribution >= 0.6 is 0 Å². The fraction of sp³-hybridized carbons (Fsp3) is 0.333. The lowest BCUT2D eigenvalue weighted by Gasteiger charge is -2.31. The van der Waals surface area contributed by atoms with Gasteiger partial charge in [0.1, 0.15) is 5.69 Å². The predicted molar refractivity (Wildman–Crippen MR) is 111 cm³/mol. The Labute approximate surface area is 169 Å². The Morgan fingerprint density at radius 1 is 1.07 bits per heavy atom. The van der Waals surface area contributed by atoms with Crippen molar-refractivity contribution in [3.63, 3.8) is 0 Å². The first-order chi connectivity index (χ1) is 14.0. The van der Waals surface area contributed by atoms with E-state index in [1.807, 2.05) is 30.3 Å². The summed E-state index contributed by atoms with van der Waals surface area (Å²) in [4.78, 5) is 37.4. The number of hydrogen-bond donors (Lipinski definition) is 2. The van der Waals surface area contributed by atoms with Gasteiger partial charge in [-0.1, -0.05) is 30.3 Å². The summed E-state index contributed by atoms with van der Waals surface area (Å²) in [5.74, 6) is -0.414. The molecule has 8 heteroatoms. The van der Waals surface area contributed by atoms with Gasteiger partial charge in [-0.2, -0.15) is 0 Å². The van der Waals surface area contributed by atoms with E-state index in [0.717, 1.165) is 25.1 Å². The third-order valence-electron chi connectivity index (χ3n) is 4.95. The summed E-state index contributed by atoms with van der Waals surface area (Å²) in [5, 5.41) is 16.6. The van der Waals surface area contributed by atoms with Crippen molar-refractivity contribution < 1.29 is 14.5 Å². The van der Waals surface area contributed by atoms with Gasteiger partial charge in [-0.25, -0.2) is 0 Å².